The van der Waals surface area contributed by atoms with Crippen molar-refractivity contribution in [3.05, 3.63) is 69.3 Å². The van der Waals surface area contributed by atoms with E-state index in [-0.39, 0.29) is 12.7 Å². The summed E-state index contributed by atoms with van der Waals surface area (Å²) in [6.45, 7) is 4.46. The number of ether oxygens (including phenoxy) is 2. The molecule has 0 unspecified atom stereocenters. The number of aromatic nitrogens is 2. The van der Waals surface area contributed by atoms with Crippen molar-refractivity contribution in [1.82, 2.24) is 14.5 Å². The maximum absolute atomic E-state index is 12.3. The highest BCUT2D eigenvalue weighted by molar-refractivity contribution is 7.16. The molecule has 0 spiro atoms. The molecule has 1 saturated heterocycles. The molecule has 2 aromatic heterocycles. The van der Waals surface area contributed by atoms with E-state index in [1.54, 1.807) is 24.5 Å². The highest BCUT2D eigenvalue weighted by atomic mass is 35.5. The van der Waals surface area contributed by atoms with Gasteiger partial charge in [-0.15, -0.1) is 11.3 Å². The normalized spacial score (nSPS) is 15.6. The van der Waals surface area contributed by atoms with Crippen LogP contribution in [-0.2, 0) is 0 Å². The Labute approximate surface area is 234 Å². The average Bonchev–Trinajstić information content (AvgIpc) is 3.50. The molecule has 1 amide bonds. The first-order chi connectivity index (χ1) is 18.3. The minimum atomic E-state index is -0.577. The van der Waals surface area contributed by atoms with Crippen molar-refractivity contribution in [2.24, 2.45) is 5.73 Å². The number of nitrogens with zero attached hydrogens (tertiary/aromatic N) is 3. The van der Waals surface area contributed by atoms with Gasteiger partial charge in [0.2, 0.25) is 0 Å². The molecule has 1 fully saturated rings. The van der Waals surface area contributed by atoms with E-state index in [2.05, 4.69) is 9.88 Å². The second-order valence-electron chi connectivity index (χ2n) is 9.19. The smallest absolute Gasteiger partial charge is 0.262 e. The maximum Gasteiger partial charge on any atom is 0.262 e. The van der Waals surface area contributed by atoms with Crippen molar-refractivity contribution >= 4 is 51.5 Å². The monoisotopic (exact) mass is 574 g/mol. The number of nitrogens with two attached hydrogens (primary N) is 1. The number of likely N-dealkylation sites (tertiary alicyclic amines) is 1. The molecule has 0 saturated carbocycles. The molecule has 8 nitrogen and oxygen atoms in total. The SMILES string of the molecule is C[C@@H](Oc1cc(-n2cnc3cc(Cl)ccc32)sc1C(N)=O)c1cccc(OC2CCN(CCO)CC2)c1Cl. The largest absolute Gasteiger partial charge is 0.489 e. The number of benzene rings is 2. The molecule has 2 aromatic carbocycles. The van der Waals surface area contributed by atoms with Gasteiger partial charge in [-0.25, -0.2) is 4.98 Å². The third kappa shape index (κ3) is 5.62. The minimum absolute atomic E-state index is 0.0506. The third-order valence-electron chi connectivity index (χ3n) is 6.63. The van der Waals surface area contributed by atoms with Crippen LogP contribution in [0.15, 0.2) is 48.8 Å². The molecular formula is C27H28Cl2N4O4S. The van der Waals surface area contributed by atoms with E-state index in [0.29, 0.717) is 33.0 Å². The van der Waals surface area contributed by atoms with Crippen LogP contribution in [0.1, 0.15) is 41.1 Å². The predicted molar refractivity (Wildman–Crippen MR) is 150 cm³/mol. The van der Waals surface area contributed by atoms with Crippen molar-refractivity contribution in [2.45, 2.75) is 32.0 Å². The Morgan fingerprint density at radius 2 is 2.00 bits per heavy atom. The Morgan fingerprint density at radius 3 is 2.74 bits per heavy atom. The van der Waals surface area contributed by atoms with Crippen LogP contribution in [-0.4, -0.2) is 57.8 Å². The van der Waals surface area contributed by atoms with E-state index in [0.717, 1.165) is 47.5 Å². The molecule has 200 valence electrons. The van der Waals surface area contributed by atoms with E-state index in [1.807, 2.05) is 35.8 Å². The summed E-state index contributed by atoms with van der Waals surface area (Å²) in [5.74, 6) is 0.399. The number of thiophene rings is 1. The average molecular weight is 576 g/mol. The molecule has 11 heteroatoms. The van der Waals surface area contributed by atoms with Gasteiger partial charge in [0.05, 0.1) is 22.7 Å². The number of primary amides is 1. The summed E-state index contributed by atoms with van der Waals surface area (Å²) < 4.78 is 14.4. The number of amides is 1. The van der Waals surface area contributed by atoms with Crippen LogP contribution in [0.5, 0.6) is 11.5 Å². The number of β-amino-alcohol motifs (C(OH)–C–C–N with tert-alkyl or cyclic N) is 1. The summed E-state index contributed by atoms with van der Waals surface area (Å²) in [7, 11) is 0. The van der Waals surface area contributed by atoms with Gasteiger partial charge in [-0.1, -0.05) is 35.3 Å². The number of aliphatic hydroxyl groups is 1. The number of carbonyl (C=O) groups is 1. The van der Waals surface area contributed by atoms with Gasteiger partial charge in [0.1, 0.15) is 39.9 Å². The Balaban J connectivity index is 1.35. The predicted octanol–water partition coefficient (Wildman–Crippen LogP) is 5.47. The summed E-state index contributed by atoms with van der Waals surface area (Å²) in [4.78, 5) is 19.2. The number of fused-ring (bicyclic) bond motifs is 1. The Bertz CT molecular complexity index is 1450. The topological polar surface area (TPSA) is 103 Å². The standard InChI is InChI=1S/C27H28Cl2N4O4S/c1-16(19-3-2-4-22(25(19)29)37-18-7-9-32(10-8-18)11-12-34)36-23-14-24(38-26(23)27(30)35)33-15-31-20-13-17(28)5-6-21(20)33/h2-6,13-16,18,34H,7-12H2,1H3,(H2,30,35)/t16-/m1/s1. The number of piperidine rings is 1. The van der Waals surface area contributed by atoms with E-state index < -0.39 is 12.0 Å². The van der Waals surface area contributed by atoms with E-state index in [9.17, 15) is 4.79 Å². The zero-order valence-corrected chi connectivity index (χ0v) is 23.1. The number of hydrogen-bond acceptors (Lipinski definition) is 7. The van der Waals surface area contributed by atoms with Crippen LogP contribution in [0.25, 0.3) is 16.0 Å². The molecule has 1 aliphatic rings. The summed E-state index contributed by atoms with van der Waals surface area (Å²) >= 11 is 14.1. The molecule has 0 radical (unpaired) electrons. The number of hydrogen-bond donors (Lipinski definition) is 2. The highest BCUT2D eigenvalue weighted by Gasteiger charge is 2.24. The van der Waals surface area contributed by atoms with Crippen LogP contribution in [0.3, 0.4) is 0 Å². The number of carbonyl (C=O) groups excluding carboxylic acids is 1. The lowest BCUT2D eigenvalue weighted by atomic mass is 10.1. The minimum Gasteiger partial charge on any atom is -0.489 e. The first-order valence-electron chi connectivity index (χ1n) is 12.4. The highest BCUT2D eigenvalue weighted by Crippen LogP contribution is 2.39. The third-order valence-corrected chi connectivity index (χ3v) is 8.40. The van der Waals surface area contributed by atoms with E-state index in [1.165, 1.54) is 11.3 Å². The van der Waals surface area contributed by atoms with Gasteiger partial charge in [0, 0.05) is 36.3 Å². The Hall–Kier alpha value is -2.82. The van der Waals surface area contributed by atoms with Crippen molar-refractivity contribution < 1.29 is 19.4 Å². The van der Waals surface area contributed by atoms with Gasteiger partial charge in [-0.3, -0.25) is 9.36 Å². The zero-order chi connectivity index (χ0) is 26.8. The van der Waals surface area contributed by atoms with Gasteiger partial charge >= 0.3 is 0 Å². The van der Waals surface area contributed by atoms with Gasteiger partial charge in [-0.05, 0) is 44.0 Å². The molecule has 1 aliphatic heterocycles. The zero-order valence-electron chi connectivity index (χ0n) is 20.8. The van der Waals surface area contributed by atoms with Crippen LogP contribution in [0, 0.1) is 0 Å². The molecular weight excluding hydrogens is 547 g/mol. The first kappa shape index (κ1) is 26.8. The summed E-state index contributed by atoms with van der Waals surface area (Å²) in [5, 5.41) is 11.0. The maximum atomic E-state index is 12.3. The fourth-order valence-corrected chi connectivity index (χ4v) is 6.08. The molecule has 3 N–H and O–H groups in total. The molecule has 0 aliphatic carbocycles. The molecule has 5 rings (SSSR count). The van der Waals surface area contributed by atoms with Crippen molar-refractivity contribution in [3.8, 4) is 16.5 Å². The van der Waals surface area contributed by atoms with Crippen molar-refractivity contribution in [3.63, 3.8) is 0 Å². The summed E-state index contributed by atoms with van der Waals surface area (Å²) in [6, 6.07) is 12.9. The quantitative estimate of drug-likeness (QED) is 0.275. The van der Waals surface area contributed by atoms with E-state index in [4.69, 9.17) is 43.5 Å². The molecule has 1 atom stereocenters. The number of halogens is 2. The number of aliphatic hydroxyl groups excluding tert-OH is 1. The van der Waals surface area contributed by atoms with Gasteiger partial charge in [0.25, 0.3) is 5.91 Å². The lowest BCUT2D eigenvalue weighted by molar-refractivity contribution is 0.0887. The Kier molecular flexibility index (Phi) is 8.11. The molecule has 0 bridgehead atoms. The number of rotatable bonds is 9. The van der Waals surface area contributed by atoms with Crippen LogP contribution >= 0.6 is 34.5 Å². The summed E-state index contributed by atoms with van der Waals surface area (Å²) in [6.07, 6.45) is 2.98. The first-order valence-corrected chi connectivity index (χ1v) is 13.9. The molecule has 4 aromatic rings. The molecule has 38 heavy (non-hydrogen) atoms. The second kappa shape index (κ2) is 11.5. The van der Waals surface area contributed by atoms with Gasteiger partial charge < -0.3 is 25.2 Å². The Morgan fingerprint density at radius 1 is 1.21 bits per heavy atom. The van der Waals surface area contributed by atoms with Gasteiger partial charge in [0.15, 0.2) is 0 Å². The lowest BCUT2D eigenvalue weighted by Gasteiger charge is -2.32. The van der Waals surface area contributed by atoms with Crippen LogP contribution < -0.4 is 15.2 Å². The van der Waals surface area contributed by atoms with Crippen molar-refractivity contribution in [1.29, 1.82) is 0 Å². The van der Waals surface area contributed by atoms with Gasteiger partial charge in [-0.2, -0.15) is 0 Å². The summed E-state index contributed by atoms with van der Waals surface area (Å²) in [5.41, 5.74) is 8.03. The lowest BCUT2D eigenvalue weighted by Crippen LogP contribution is -2.39. The van der Waals surface area contributed by atoms with Crippen LogP contribution in [0.4, 0.5) is 0 Å². The number of imidazole rings is 1. The van der Waals surface area contributed by atoms with Crippen LogP contribution in [0.2, 0.25) is 10.0 Å². The van der Waals surface area contributed by atoms with Crippen molar-refractivity contribution in [2.75, 3.05) is 26.2 Å². The fourth-order valence-electron chi connectivity index (χ4n) is 4.66. The fraction of sp³-hybridized carbons (Fsp3) is 0.333. The van der Waals surface area contributed by atoms with E-state index >= 15 is 0 Å². The second-order valence-corrected chi connectivity index (χ2v) is 11.0. The molecule has 3 heterocycles.